The normalized spacial score (nSPS) is 19.3. The number of carbonyl (C=O) groups is 1. The van der Waals surface area contributed by atoms with Crippen molar-refractivity contribution in [3.05, 3.63) is 38.8 Å². The lowest BCUT2D eigenvalue weighted by molar-refractivity contribution is -0.384. The maximum atomic E-state index is 12.2. The van der Waals surface area contributed by atoms with Gasteiger partial charge in [0.2, 0.25) is 0 Å². The van der Waals surface area contributed by atoms with Crippen LogP contribution in [0.2, 0.25) is 0 Å². The second-order valence-corrected chi connectivity index (χ2v) is 7.27. The van der Waals surface area contributed by atoms with Gasteiger partial charge in [-0.1, -0.05) is 6.07 Å². The Morgan fingerprint density at radius 3 is 2.64 bits per heavy atom. The molecule has 3 rings (SSSR count). The molecule has 0 N–H and O–H groups in total. The van der Waals surface area contributed by atoms with Crippen LogP contribution in [0, 0.1) is 10.1 Å². The molecule has 1 aromatic carbocycles. The molecule has 1 saturated heterocycles. The zero-order valence-corrected chi connectivity index (χ0v) is 15.1. The number of hydrogen-bond donors (Lipinski definition) is 0. The van der Waals surface area contributed by atoms with Gasteiger partial charge in [0.1, 0.15) is 5.69 Å². The molecule has 0 bridgehead atoms. The number of nitro benzene ring substituents is 1. The lowest BCUT2D eigenvalue weighted by Gasteiger charge is -2.27. The molecule has 2 aliphatic heterocycles. The van der Waals surface area contributed by atoms with Crippen molar-refractivity contribution in [1.82, 2.24) is 4.90 Å². The minimum Gasteiger partial charge on any atom is -0.372 e. The van der Waals surface area contributed by atoms with E-state index in [0.717, 1.165) is 31.1 Å². The summed E-state index contributed by atoms with van der Waals surface area (Å²) in [5, 5.41) is 12.0. The second-order valence-electron chi connectivity index (χ2n) is 6.26. The van der Waals surface area contributed by atoms with Crippen LogP contribution in [0.1, 0.15) is 24.8 Å². The summed E-state index contributed by atoms with van der Waals surface area (Å²) in [6.45, 7) is 1.85. The fraction of sp³-hybridized carbons (Fsp3) is 0.412. The Bertz CT molecular complexity index is 767. The van der Waals surface area contributed by atoms with Gasteiger partial charge in [-0.25, -0.2) is 0 Å². The SMILES string of the molecule is CN(C)c1ccc(/C=C2\SC(N3CCCCC3)=NC2=O)cc1[N+](=O)[O-]. The van der Waals surface area contributed by atoms with Gasteiger partial charge in [0, 0.05) is 33.3 Å². The number of piperidine rings is 1. The molecule has 2 heterocycles. The number of thioether (sulfide) groups is 1. The van der Waals surface area contributed by atoms with Crippen LogP contribution in [0.25, 0.3) is 6.08 Å². The average molecular weight is 360 g/mol. The number of anilines is 1. The highest BCUT2D eigenvalue weighted by molar-refractivity contribution is 8.18. The molecule has 0 saturated carbocycles. The van der Waals surface area contributed by atoms with Crippen molar-refractivity contribution < 1.29 is 9.72 Å². The number of benzene rings is 1. The molecule has 0 aromatic heterocycles. The van der Waals surface area contributed by atoms with Crippen molar-refractivity contribution in [2.24, 2.45) is 4.99 Å². The molecule has 0 aliphatic carbocycles. The van der Waals surface area contributed by atoms with E-state index in [-0.39, 0.29) is 11.6 Å². The van der Waals surface area contributed by atoms with Gasteiger partial charge in [0.05, 0.1) is 9.83 Å². The quantitative estimate of drug-likeness (QED) is 0.468. The Morgan fingerprint density at radius 1 is 1.28 bits per heavy atom. The molecule has 8 heteroatoms. The Balaban J connectivity index is 1.83. The number of aliphatic imine (C=N–C) groups is 1. The fourth-order valence-electron chi connectivity index (χ4n) is 2.92. The van der Waals surface area contributed by atoms with Crippen LogP contribution in [0.4, 0.5) is 11.4 Å². The summed E-state index contributed by atoms with van der Waals surface area (Å²) in [5.41, 5.74) is 1.18. The summed E-state index contributed by atoms with van der Waals surface area (Å²) in [7, 11) is 3.52. The van der Waals surface area contributed by atoms with E-state index in [4.69, 9.17) is 0 Å². The van der Waals surface area contributed by atoms with Crippen LogP contribution in [0.3, 0.4) is 0 Å². The van der Waals surface area contributed by atoms with Crippen LogP contribution < -0.4 is 4.90 Å². The second kappa shape index (κ2) is 7.26. The van der Waals surface area contributed by atoms with Crippen molar-refractivity contribution >= 4 is 40.3 Å². The number of carbonyl (C=O) groups excluding carboxylic acids is 1. The highest BCUT2D eigenvalue weighted by atomic mass is 32.2. The predicted octanol–water partition coefficient (Wildman–Crippen LogP) is 3.12. The summed E-state index contributed by atoms with van der Waals surface area (Å²) >= 11 is 1.35. The number of nitrogens with zero attached hydrogens (tertiary/aromatic N) is 4. The first-order valence-corrected chi connectivity index (χ1v) is 9.00. The summed E-state index contributed by atoms with van der Waals surface area (Å²) in [6, 6.07) is 4.97. The van der Waals surface area contributed by atoms with E-state index in [2.05, 4.69) is 9.89 Å². The Morgan fingerprint density at radius 2 is 2.00 bits per heavy atom. The molecule has 7 nitrogen and oxygen atoms in total. The van der Waals surface area contributed by atoms with Gasteiger partial charge in [-0.15, -0.1) is 0 Å². The highest BCUT2D eigenvalue weighted by Crippen LogP contribution is 2.33. The highest BCUT2D eigenvalue weighted by Gasteiger charge is 2.27. The van der Waals surface area contributed by atoms with Gasteiger partial charge >= 0.3 is 0 Å². The molecule has 0 unspecified atom stereocenters. The van der Waals surface area contributed by atoms with Crippen LogP contribution in [-0.4, -0.2) is 48.1 Å². The van der Waals surface area contributed by atoms with Gasteiger partial charge in [0.15, 0.2) is 5.17 Å². The summed E-state index contributed by atoms with van der Waals surface area (Å²) in [4.78, 5) is 31.6. The molecule has 0 spiro atoms. The lowest BCUT2D eigenvalue weighted by Crippen LogP contribution is -2.33. The van der Waals surface area contributed by atoms with E-state index in [1.807, 2.05) is 0 Å². The molecule has 1 amide bonds. The van der Waals surface area contributed by atoms with E-state index < -0.39 is 4.92 Å². The molecule has 0 atom stereocenters. The number of hydrogen-bond acceptors (Lipinski definition) is 6. The lowest BCUT2D eigenvalue weighted by atomic mass is 10.1. The Kier molecular flexibility index (Phi) is 5.08. The Hall–Kier alpha value is -2.35. The molecular weight excluding hydrogens is 340 g/mol. The third kappa shape index (κ3) is 3.84. The smallest absolute Gasteiger partial charge is 0.293 e. The standard InChI is InChI=1S/C17H20N4O3S/c1-19(2)13-7-6-12(10-14(13)21(23)24)11-15-16(22)18-17(25-15)20-8-4-3-5-9-20/h6-7,10-11H,3-5,8-9H2,1-2H3/b15-11-. The third-order valence-corrected chi connectivity index (χ3v) is 5.26. The van der Waals surface area contributed by atoms with E-state index >= 15 is 0 Å². The van der Waals surface area contributed by atoms with Crippen LogP contribution in [0.5, 0.6) is 0 Å². The minimum atomic E-state index is -0.406. The largest absolute Gasteiger partial charge is 0.372 e. The zero-order valence-electron chi connectivity index (χ0n) is 14.3. The van der Waals surface area contributed by atoms with E-state index in [0.29, 0.717) is 16.2 Å². The fourth-order valence-corrected chi connectivity index (χ4v) is 3.89. The Labute approximate surface area is 150 Å². The first-order chi connectivity index (χ1) is 12.0. The predicted molar refractivity (Wildman–Crippen MR) is 101 cm³/mol. The van der Waals surface area contributed by atoms with Crippen molar-refractivity contribution in [1.29, 1.82) is 0 Å². The van der Waals surface area contributed by atoms with E-state index in [1.165, 1.54) is 24.2 Å². The first kappa shape index (κ1) is 17.5. The molecule has 1 fully saturated rings. The number of amides is 1. The van der Waals surface area contributed by atoms with Gasteiger partial charge < -0.3 is 9.80 Å². The van der Waals surface area contributed by atoms with E-state index in [1.54, 1.807) is 37.2 Å². The average Bonchev–Trinajstić information content (AvgIpc) is 2.96. The monoisotopic (exact) mass is 360 g/mol. The van der Waals surface area contributed by atoms with Crippen molar-refractivity contribution in [2.75, 3.05) is 32.1 Å². The van der Waals surface area contributed by atoms with Crippen molar-refractivity contribution in [3.8, 4) is 0 Å². The zero-order chi connectivity index (χ0) is 18.0. The number of amidine groups is 1. The van der Waals surface area contributed by atoms with Crippen molar-refractivity contribution in [3.63, 3.8) is 0 Å². The van der Waals surface area contributed by atoms with Gasteiger partial charge in [0.25, 0.3) is 11.6 Å². The molecule has 2 aliphatic rings. The maximum absolute atomic E-state index is 12.2. The van der Waals surface area contributed by atoms with Gasteiger partial charge in [-0.3, -0.25) is 14.9 Å². The number of likely N-dealkylation sites (tertiary alicyclic amines) is 1. The van der Waals surface area contributed by atoms with Crippen LogP contribution >= 0.6 is 11.8 Å². The molecule has 25 heavy (non-hydrogen) atoms. The van der Waals surface area contributed by atoms with E-state index in [9.17, 15) is 14.9 Å². The first-order valence-electron chi connectivity index (χ1n) is 8.19. The number of nitro groups is 1. The summed E-state index contributed by atoms with van der Waals surface area (Å²) < 4.78 is 0. The molecule has 0 radical (unpaired) electrons. The van der Waals surface area contributed by atoms with Crippen LogP contribution in [0.15, 0.2) is 28.1 Å². The third-order valence-electron chi connectivity index (χ3n) is 4.21. The van der Waals surface area contributed by atoms with Crippen molar-refractivity contribution in [2.45, 2.75) is 19.3 Å². The molecule has 1 aromatic rings. The topological polar surface area (TPSA) is 79.0 Å². The molecule has 132 valence electrons. The maximum Gasteiger partial charge on any atom is 0.293 e. The molecular formula is C17H20N4O3S. The number of rotatable bonds is 3. The summed E-state index contributed by atoms with van der Waals surface area (Å²) in [5.74, 6) is -0.273. The van der Waals surface area contributed by atoms with Gasteiger partial charge in [-0.05, 0) is 48.7 Å². The van der Waals surface area contributed by atoms with Gasteiger partial charge in [-0.2, -0.15) is 4.99 Å². The minimum absolute atomic E-state index is 0.0203. The summed E-state index contributed by atoms with van der Waals surface area (Å²) in [6.07, 6.45) is 5.13. The van der Waals surface area contributed by atoms with Crippen LogP contribution in [-0.2, 0) is 4.79 Å².